The van der Waals surface area contributed by atoms with Crippen LogP contribution in [0.25, 0.3) is 0 Å². The lowest BCUT2D eigenvalue weighted by molar-refractivity contribution is 0.249. The molecule has 0 spiro atoms. The molecule has 0 saturated carbocycles. The number of hydrogen-bond acceptors (Lipinski definition) is 3. The summed E-state index contributed by atoms with van der Waals surface area (Å²) in [5.74, 6) is -0.202. The summed E-state index contributed by atoms with van der Waals surface area (Å²) in [5.41, 5.74) is 1.62. The van der Waals surface area contributed by atoms with Crippen LogP contribution in [0.1, 0.15) is 5.56 Å². The van der Waals surface area contributed by atoms with Gasteiger partial charge < -0.3 is 10.6 Å². The van der Waals surface area contributed by atoms with Crippen molar-refractivity contribution in [3.05, 3.63) is 29.8 Å². The fraction of sp³-hybridized carbons (Fsp3) is 0.417. The Bertz CT molecular complexity index is 588. The quantitative estimate of drug-likeness (QED) is 0.813. The fourth-order valence-corrected chi connectivity index (χ4v) is 4.53. The summed E-state index contributed by atoms with van der Waals surface area (Å²) in [7, 11) is -3.15. The Labute approximate surface area is 117 Å². The number of halogens is 1. The number of rotatable bonds is 2. The zero-order valence-corrected chi connectivity index (χ0v) is 12.0. The monoisotopic (exact) mass is 302 g/mol. The van der Waals surface area contributed by atoms with Crippen molar-refractivity contribution in [2.75, 3.05) is 16.8 Å². The molecule has 2 N–H and O–H groups in total. The molecule has 1 aliphatic rings. The van der Waals surface area contributed by atoms with Gasteiger partial charge in [-0.2, -0.15) is 0 Å². The number of benzene rings is 1. The van der Waals surface area contributed by atoms with Gasteiger partial charge >= 0.3 is 6.03 Å². The van der Waals surface area contributed by atoms with Crippen LogP contribution in [-0.4, -0.2) is 37.4 Å². The number of urea groups is 1. The van der Waals surface area contributed by atoms with Crippen LogP contribution in [0.4, 0.5) is 10.5 Å². The van der Waals surface area contributed by atoms with Crippen LogP contribution in [-0.2, 0) is 9.84 Å². The summed E-state index contributed by atoms with van der Waals surface area (Å²) >= 11 is 5.92. The number of nitrogens with one attached hydrogen (secondary N) is 2. The smallest absolute Gasteiger partial charge is 0.319 e. The second-order valence-corrected chi connectivity index (χ2v) is 7.33. The average Bonchev–Trinajstić information content (AvgIpc) is 2.55. The molecule has 1 aromatic carbocycles. The lowest BCUT2D eigenvalue weighted by Gasteiger charge is -2.15. The summed E-state index contributed by atoms with van der Waals surface area (Å²) < 4.78 is 22.8. The average molecular weight is 303 g/mol. The molecule has 0 aromatic heterocycles. The van der Waals surface area contributed by atoms with E-state index in [0.29, 0.717) is 5.69 Å². The molecule has 19 heavy (non-hydrogen) atoms. The Kier molecular flexibility index (Phi) is 4.01. The molecule has 0 aliphatic carbocycles. The van der Waals surface area contributed by atoms with Crippen molar-refractivity contribution in [1.29, 1.82) is 0 Å². The van der Waals surface area contributed by atoms with Gasteiger partial charge in [-0.25, -0.2) is 13.2 Å². The van der Waals surface area contributed by atoms with E-state index in [4.69, 9.17) is 11.6 Å². The Morgan fingerprint density at radius 3 is 2.58 bits per heavy atom. The van der Waals surface area contributed by atoms with E-state index >= 15 is 0 Å². The molecule has 1 aromatic rings. The summed E-state index contributed by atoms with van der Waals surface area (Å²) in [5, 5.41) is 4.70. The first-order valence-electron chi connectivity index (χ1n) is 5.85. The topological polar surface area (TPSA) is 75.3 Å². The van der Waals surface area contributed by atoms with Crippen molar-refractivity contribution in [3.8, 4) is 0 Å². The van der Waals surface area contributed by atoms with E-state index in [9.17, 15) is 13.2 Å². The first-order chi connectivity index (χ1) is 8.87. The van der Waals surface area contributed by atoms with Crippen molar-refractivity contribution in [3.63, 3.8) is 0 Å². The zero-order chi connectivity index (χ0) is 14.0. The van der Waals surface area contributed by atoms with Crippen LogP contribution in [0.2, 0.25) is 0 Å². The number of carbonyl (C=O) groups is 1. The molecule has 2 rings (SSSR count). The highest BCUT2D eigenvalue weighted by Gasteiger charge is 2.37. The van der Waals surface area contributed by atoms with Gasteiger partial charge in [0, 0.05) is 5.69 Å². The van der Waals surface area contributed by atoms with Gasteiger partial charge in [-0.15, -0.1) is 11.6 Å². The van der Waals surface area contributed by atoms with Crippen LogP contribution < -0.4 is 10.6 Å². The van der Waals surface area contributed by atoms with Crippen molar-refractivity contribution >= 4 is 33.2 Å². The van der Waals surface area contributed by atoms with E-state index in [2.05, 4.69) is 10.6 Å². The second kappa shape index (κ2) is 5.38. The maximum absolute atomic E-state index is 11.8. The normalized spacial score (nSPS) is 24.9. The number of amides is 2. The predicted molar refractivity (Wildman–Crippen MR) is 75.4 cm³/mol. The molecule has 1 fully saturated rings. The number of aryl methyl sites for hydroxylation is 1. The maximum Gasteiger partial charge on any atom is 0.319 e. The summed E-state index contributed by atoms with van der Waals surface area (Å²) in [4.78, 5) is 11.8. The fourth-order valence-electron chi connectivity index (χ4n) is 1.98. The Balaban J connectivity index is 1.98. The third kappa shape index (κ3) is 3.61. The van der Waals surface area contributed by atoms with Gasteiger partial charge in [-0.05, 0) is 18.6 Å². The molecule has 5 nitrogen and oxygen atoms in total. The highest BCUT2D eigenvalue weighted by atomic mass is 35.5. The van der Waals surface area contributed by atoms with E-state index < -0.39 is 27.3 Å². The molecule has 1 saturated heterocycles. The molecule has 2 amide bonds. The molecule has 2 atom stereocenters. The van der Waals surface area contributed by atoms with Gasteiger partial charge in [0.1, 0.15) is 0 Å². The zero-order valence-electron chi connectivity index (χ0n) is 10.4. The molecule has 0 unspecified atom stereocenters. The van der Waals surface area contributed by atoms with Crippen molar-refractivity contribution in [1.82, 2.24) is 5.32 Å². The minimum absolute atomic E-state index is 0.0934. The van der Waals surface area contributed by atoms with Crippen LogP contribution in [0, 0.1) is 6.92 Å². The lowest BCUT2D eigenvalue weighted by atomic mass is 10.2. The Hall–Kier alpha value is -1.27. The number of alkyl halides is 1. The number of hydrogen-bond donors (Lipinski definition) is 2. The minimum atomic E-state index is -3.15. The van der Waals surface area contributed by atoms with E-state index in [1.807, 2.05) is 25.1 Å². The Morgan fingerprint density at radius 2 is 2.00 bits per heavy atom. The maximum atomic E-state index is 11.8. The molecular formula is C12H15ClN2O3S. The lowest BCUT2D eigenvalue weighted by Crippen LogP contribution is -2.43. The first-order valence-corrected chi connectivity index (χ1v) is 8.11. The SMILES string of the molecule is Cc1ccccc1NC(=O)N[C@@H]1CS(=O)(=O)C[C@@H]1Cl. The molecule has 7 heteroatoms. The van der Waals surface area contributed by atoms with Gasteiger partial charge in [0.15, 0.2) is 9.84 Å². The predicted octanol–water partition coefficient (Wildman–Crippen LogP) is 1.52. The highest BCUT2D eigenvalue weighted by Crippen LogP contribution is 2.18. The molecule has 1 aliphatic heterocycles. The second-order valence-electron chi connectivity index (χ2n) is 4.61. The van der Waals surface area contributed by atoms with E-state index in [1.165, 1.54) is 0 Å². The molecular weight excluding hydrogens is 288 g/mol. The van der Waals surface area contributed by atoms with Gasteiger partial charge in [-0.3, -0.25) is 0 Å². The first kappa shape index (κ1) is 14.1. The standard InChI is InChI=1S/C12H15ClN2O3S/c1-8-4-2-3-5-10(8)14-12(16)15-11-7-19(17,18)6-9(11)13/h2-5,9,11H,6-7H2,1H3,(H2,14,15,16)/t9-,11+/m0/s1. The third-order valence-corrected chi connectivity index (χ3v) is 5.37. The van der Waals surface area contributed by atoms with Gasteiger partial charge in [0.25, 0.3) is 0 Å². The molecule has 0 radical (unpaired) electrons. The largest absolute Gasteiger partial charge is 0.333 e. The van der Waals surface area contributed by atoms with Crippen LogP contribution in [0.15, 0.2) is 24.3 Å². The van der Waals surface area contributed by atoms with Gasteiger partial charge in [0.2, 0.25) is 0 Å². The number of sulfone groups is 1. The minimum Gasteiger partial charge on any atom is -0.333 e. The number of carbonyl (C=O) groups excluding carboxylic acids is 1. The van der Waals surface area contributed by atoms with E-state index in [0.717, 1.165) is 5.56 Å². The number of anilines is 1. The Morgan fingerprint density at radius 1 is 1.32 bits per heavy atom. The van der Waals surface area contributed by atoms with Gasteiger partial charge in [-0.1, -0.05) is 18.2 Å². The van der Waals surface area contributed by atoms with Crippen molar-refractivity contribution < 1.29 is 13.2 Å². The molecule has 0 bridgehead atoms. The number of para-hydroxylation sites is 1. The summed E-state index contributed by atoms with van der Waals surface area (Å²) in [6, 6.07) is 6.35. The van der Waals surface area contributed by atoms with Crippen LogP contribution in [0.3, 0.4) is 0 Å². The summed E-state index contributed by atoms with van der Waals surface area (Å²) in [6.07, 6.45) is 0. The molecule has 1 heterocycles. The highest BCUT2D eigenvalue weighted by molar-refractivity contribution is 7.91. The van der Waals surface area contributed by atoms with E-state index in [-0.39, 0.29) is 11.5 Å². The third-order valence-electron chi connectivity index (χ3n) is 2.99. The van der Waals surface area contributed by atoms with Gasteiger partial charge in [0.05, 0.1) is 22.9 Å². The van der Waals surface area contributed by atoms with Crippen LogP contribution >= 0.6 is 11.6 Å². The van der Waals surface area contributed by atoms with Crippen molar-refractivity contribution in [2.24, 2.45) is 0 Å². The van der Waals surface area contributed by atoms with Crippen LogP contribution in [0.5, 0.6) is 0 Å². The van der Waals surface area contributed by atoms with Crippen molar-refractivity contribution in [2.45, 2.75) is 18.3 Å². The molecule has 104 valence electrons. The summed E-state index contributed by atoms with van der Waals surface area (Å²) in [6.45, 7) is 1.87. The van der Waals surface area contributed by atoms with E-state index in [1.54, 1.807) is 6.07 Å².